The molecule has 0 unspecified atom stereocenters. The largest absolute Gasteiger partial charge is 0.496 e. The molecule has 0 spiro atoms. The van der Waals surface area contributed by atoms with Crippen LogP contribution < -0.4 is 15.2 Å². The van der Waals surface area contributed by atoms with Crippen LogP contribution in [-0.2, 0) is 0 Å². The number of ether oxygens (including phenoxy) is 2. The van der Waals surface area contributed by atoms with Gasteiger partial charge in [0.05, 0.1) is 19.8 Å². The first-order valence-electron chi connectivity index (χ1n) is 4.82. The van der Waals surface area contributed by atoms with Gasteiger partial charge in [0.25, 0.3) is 0 Å². The van der Waals surface area contributed by atoms with Crippen molar-refractivity contribution in [3.05, 3.63) is 23.8 Å². The highest BCUT2D eigenvalue weighted by atomic mass is 35.5. The van der Waals surface area contributed by atoms with Crippen molar-refractivity contribution in [3.63, 3.8) is 0 Å². The Balaban J connectivity index is 0.00000225. The van der Waals surface area contributed by atoms with Gasteiger partial charge in [0.1, 0.15) is 11.5 Å². The van der Waals surface area contributed by atoms with Gasteiger partial charge < -0.3 is 20.3 Å². The maximum atomic E-state index is 8.86. The second-order valence-corrected chi connectivity index (χ2v) is 3.19. The van der Waals surface area contributed by atoms with Crippen LogP contribution in [0.25, 0.3) is 0 Å². The molecule has 0 saturated carbocycles. The van der Waals surface area contributed by atoms with Crippen LogP contribution in [0.1, 0.15) is 18.0 Å². The van der Waals surface area contributed by atoms with E-state index in [1.54, 1.807) is 14.2 Å². The van der Waals surface area contributed by atoms with Crippen LogP contribution in [0.15, 0.2) is 18.2 Å². The highest BCUT2D eigenvalue weighted by Gasteiger charge is 2.16. The molecule has 0 aromatic heterocycles. The van der Waals surface area contributed by atoms with Gasteiger partial charge in [-0.2, -0.15) is 0 Å². The molecule has 1 atom stereocenters. The van der Waals surface area contributed by atoms with Gasteiger partial charge in [-0.15, -0.1) is 12.4 Å². The van der Waals surface area contributed by atoms with Crippen molar-refractivity contribution in [2.75, 3.05) is 20.8 Å². The fourth-order valence-corrected chi connectivity index (χ4v) is 1.53. The molecule has 0 heterocycles. The van der Waals surface area contributed by atoms with Gasteiger partial charge in [-0.05, 0) is 18.6 Å². The van der Waals surface area contributed by atoms with E-state index in [0.29, 0.717) is 17.9 Å². The first-order chi connectivity index (χ1) is 7.24. The Morgan fingerprint density at radius 1 is 1.25 bits per heavy atom. The number of hydrogen-bond donors (Lipinski definition) is 2. The Bertz CT molecular complexity index is 298. The third-order valence-corrected chi connectivity index (χ3v) is 2.28. The highest BCUT2D eigenvalue weighted by molar-refractivity contribution is 5.85. The van der Waals surface area contributed by atoms with Gasteiger partial charge in [0.2, 0.25) is 0 Å². The summed E-state index contributed by atoms with van der Waals surface area (Å²) < 4.78 is 10.4. The SMILES string of the molecule is COc1cccc(OC)c1[C@H](N)CCO.Cl. The smallest absolute Gasteiger partial charge is 0.127 e. The Hall–Kier alpha value is -0.970. The van der Waals surface area contributed by atoms with E-state index < -0.39 is 0 Å². The summed E-state index contributed by atoms with van der Waals surface area (Å²) in [5, 5.41) is 8.86. The Labute approximate surface area is 102 Å². The predicted octanol–water partition coefficient (Wildman–Crippen LogP) is 1.51. The summed E-state index contributed by atoms with van der Waals surface area (Å²) in [6.07, 6.45) is 0.483. The topological polar surface area (TPSA) is 64.7 Å². The summed E-state index contributed by atoms with van der Waals surface area (Å²) >= 11 is 0. The summed E-state index contributed by atoms with van der Waals surface area (Å²) in [7, 11) is 3.17. The van der Waals surface area contributed by atoms with Crippen LogP contribution >= 0.6 is 12.4 Å². The summed E-state index contributed by atoms with van der Waals surface area (Å²) in [5.74, 6) is 1.38. The first-order valence-corrected chi connectivity index (χ1v) is 4.82. The van der Waals surface area contributed by atoms with E-state index in [4.69, 9.17) is 20.3 Å². The number of halogens is 1. The average Bonchev–Trinajstić information content (AvgIpc) is 2.28. The van der Waals surface area contributed by atoms with Gasteiger partial charge in [-0.3, -0.25) is 0 Å². The van der Waals surface area contributed by atoms with Gasteiger partial charge in [-0.25, -0.2) is 0 Å². The maximum absolute atomic E-state index is 8.86. The summed E-state index contributed by atoms with van der Waals surface area (Å²) in [6.45, 7) is 0.0440. The molecule has 0 radical (unpaired) electrons. The van der Waals surface area contributed by atoms with Crippen molar-refractivity contribution in [1.29, 1.82) is 0 Å². The van der Waals surface area contributed by atoms with Crippen LogP contribution in [0, 0.1) is 0 Å². The van der Waals surface area contributed by atoms with Crippen LogP contribution in [0.2, 0.25) is 0 Å². The van der Waals surface area contributed by atoms with Crippen molar-refractivity contribution in [1.82, 2.24) is 0 Å². The Morgan fingerprint density at radius 2 is 1.75 bits per heavy atom. The molecule has 1 rings (SSSR count). The van der Waals surface area contributed by atoms with Crippen LogP contribution in [0.5, 0.6) is 11.5 Å². The van der Waals surface area contributed by atoms with Crippen molar-refractivity contribution < 1.29 is 14.6 Å². The minimum absolute atomic E-state index is 0. The molecule has 5 heteroatoms. The monoisotopic (exact) mass is 247 g/mol. The number of nitrogens with two attached hydrogens (primary N) is 1. The lowest BCUT2D eigenvalue weighted by molar-refractivity contribution is 0.273. The Kier molecular flexibility index (Phi) is 6.88. The van der Waals surface area contributed by atoms with Gasteiger partial charge in [-0.1, -0.05) is 6.07 Å². The number of hydrogen-bond acceptors (Lipinski definition) is 4. The van der Waals surface area contributed by atoms with Gasteiger partial charge in [0.15, 0.2) is 0 Å². The number of methoxy groups -OCH3 is 2. The lowest BCUT2D eigenvalue weighted by Crippen LogP contribution is -2.14. The molecule has 3 N–H and O–H groups in total. The summed E-state index contributed by atoms with van der Waals surface area (Å²) in [5.41, 5.74) is 6.74. The minimum Gasteiger partial charge on any atom is -0.496 e. The molecule has 92 valence electrons. The van der Waals surface area contributed by atoms with Crippen molar-refractivity contribution in [3.8, 4) is 11.5 Å². The standard InChI is InChI=1S/C11H17NO3.ClH/c1-14-9-4-3-5-10(15-2)11(9)8(12)6-7-13;/h3-5,8,13H,6-7,12H2,1-2H3;1H/t8-;/m1./s1. The molecular formula is C11H18ClNO3. The fourth-order valence-electron chi connectivity index (χ4n) is 1.53. The van der Waals surface area contributed by atoms with Crippen LogP contribution in [0.4, 0.5) is 0 Å². The molecule has 0 bridgehead atoms. The molecule has 0 amide bonds. The molecule has 16 heavy (non-hydrogen) atoms. The molecule has 0 aliphatic heterocycles. The summed E-state index contributed by atoms with van der Waals surface area (Å²) in [6, 6.07) is 5.22. The fraction of sp³-hybridized carbons (Fsp3) is 0.455. The maximum Gasteiger partial charge on any atom is 0.127 e. The van der Waals surface area contributed by atoms with Crippen LogP contribution in [0.3, 0.4) is 0 Å². The molecule has 0 aliphatic rings. The quantitative estimate of drug-likeness (QED) is 0.828. The normalized spacial score (nSPS) is 11.5. The lowest BCUT2D eigenvalue weighted by atomic mass is 10.0. The van der Waals surface area contributed by atoms with Crippen LogP contribution in [-0.4, -0.2) is 25.9 Å². The van der Waals surface area contributed by atoms with Gasteiger partial charge in [0, 0.05) is 12.6 Å². The second kappa shape index (κ2) is 7.33. The minimum atomic E-state index is -0.277. The molecular weight excluding hydrogens is 230 g/mol. The zero-order valence-corrected chi connectivity index (χ0v) is 10.3. The average molecular weight is 248 g/mol. The lowest BCUT2D eigenvalue weighted by Gasteiger charge is -2.17. The van der Waals surface area contributed by atoms with E-state index in [9.17, 15) is 0 Å². The van der Waals surface area contributed by atoms with Gasteiger partial charge >= 0.3 is 0 Å². The zero-order chi connectivity index (χ0) is 11.3. The zero-order valence-electron chi connectivity index (χ0n) is 9.47. The highest BCUT2D eigenvalue weighted by Crippen LogP contribution is 2.33. The van der Waals surface area contributed by atoms with E-state index in [-0.39, 0.29) is 25.1 Å². The number of rotatable bonds is 5. The molecule has 0 fully saturated rings. The predicted molar refractivity (Wildman–Crippen MR) is 65.4 cm³/mol. The van der Waals surface area contributed by atoms with E-state index in [1.165, 1.54) is 0 Å². The molecule has 4 nitrogen and oxygen atoms in total. The first kappa shape index (κ1) is 15.0. The van der Waals surface area contributed by atoms with E-state index in [0.717, 1.165) is 5.56 Å². The molecule has 0 saturated heterocycles. The van der Waals surface area contributed by atoms with Crippen molar-refractivity contribution in [2.45, 2.75) is 12.5 Å². The van der Waals surface area contributed by atoms with E-state index in [1.807, 2.05) is 18.2 Å². The van der Waals surface area contributed by atoms with E-state index >= 15 is 0 Å². The van der Waals surface area contributed by atoms with E-state index in [2.05, 4.69) is 0 Å². The molecule has 1 aromatic carbocycles. The molecule has 1 aromatic rings. The third-order valence-electron chi connectivity index (χ3n) is 2.28. The van der Waals surface area contributed by atoms with Crippen molar-refractivity contribution in [2.24, 2.45) is 5.73 Å². The number of aliphatic hydroxyl groups is 1. The third kappa shape index (κ3) is 3.27. The number of aliphatic hydroxyl groups excluding tert-OH is 1. The summed E-state index contributed by atoms with van der Waals surface area (Å²) in [4.78, 5) is 0. The van der Waals surface area contributed by atoms with Crippen molar-refractivity contribution >= 4 is 12.4 Å². The second-order valence-electron chi connectivity index (χ2n) is 3.19. The Morgan fingerprint density at radius 3 is 2.12 bits per heavy atom. The molecule has 0 aliphatic carbocycles. The number of benzene rings is 1.